The molecule has 0 unspecified atom stereocenters. The Bertz CT molecular complexity index is 674. The van der Waals surface area contributed by atoms with Gasteiger partial charge in [-0.1, -0.05) is 17.7 Å². The van der Waals surface area contributed by atoms with E-state index in [1.54, 1.807) is 36.4 Å². The van der Waals surface area contributed by atoms with Gasteiger partial charge in [-0.2, -0.15) is 0 Å². The fraction of sp³-hybridized carbons (Fsp3) is 0.125. The van der Waals surface area contributed by atoms with Gasteiger partial charge >= 0.3 is 0 Å². The van der Waals surface area contributed by atoms with Crippen LogP contribution in [0.4, 0.5) is 11.4 Å². The quantitative estimate of drug-likeness (QED) is 0.812. The average molecular weight is 335 g/mol. The third kappa shape index (κ3) is 5.42. The minimum atomic E-state index is -0.110. The van der Waals surface area contributed by atoms with Crippen molar-refractivity contribution in [3.05, 3.63) is 53.6 Å². The van der Waals surface area contributed by atoms with Crippen LogP contribution in [0.5, 0.6) is 0 Å². The summed E-state index contributed by atoms with van der Waals surface area (Å²) in [6, 6.07) is 14.4. The molecule has 4 nitrogen and oxygen atoms in total. The summed E-state index contributed by atoms with van der Waals surface area (Å²) in [7, 11) is 0. The van der Waals surface area contributed by atoms with Crippen molar-refractivity contribution < 1.29 is 9.59 Å². The highest BCUT2D eigenvalue weighted by Gasteiger charge is 2.04. The molecule has 0 aliphatic rings. The highest BCUT2D eigenvalue weighted by atomic mass is 35.5. The first kappa shape index (κ1) is 16.4. The van der Waals surface area contributed by atoms with Crippen LogP contribution in [-0.4, -0.2) is 17.6 Å². The average Bonchev–Trinajstić information content (AvgIpc) is 2.46. The monoisotopic (exact) mass is 334 g/mol. The van der Waals surface area contributed by atoms with Crippen molar-refractivity contribution >= 4 is 46.6 Å². The third-order valence-corrected chi connectivity index (χ3v) is 3.90. The molecule has 0 bridgehead atoms. The fourth-order valence-electron chi connectivity index (χ4n) is 1.75. The van der Waals surface area contributed by atoms with E-state index in [4.69, 9.17) is 11.6 Å². The lowest BCUT2D eigenvalue weighted by Gasteiger charge is -2.06. The molecular formula is C16H15ClN2O2S. The van der Waals surface area contributed by atoms with Crippen molar-refractivity contribution in [1.82, 2.24) is 0 Å². The first-order chi connectivity index (χ1) is 10.5. The number of carbonyl (C=O) groups is 2. The van der Waals surface area contributed by atoms with E-state index >= 15 is 0 Å². The largest absolute Gasteiger partial charge is 0.326 e. The van der Waals surface area contributed by atoms with Crippen molar-refractivity contribution in [3.63, 3.8) is 0 Å². The molecule has 0 saturated heterocycles. The van der Waals surface area contributed by atoms with Gasteiger partial charge in [0.15, 0.2) is 0 Å². The molecule has 2 aromatic rings. The van der Waals surface area contributed by atoms with Crippen molar-refractivity contribution in [2.24, 2.45) is 0 Å². The van der Waals surface area contributed by atoms with E-state index in [-0.39, 0.29) is 11.8 Å². The number of amides is 2. The molecule has 0 aromatic heterocycles. The zero-order chi connectivity index (χ0) is 15.9. The normalized spacial score (nSPS) is 10.1. The zero-order valence-electron chi connectivity index (χ0n) is 11.9. The predicted molar refractivity (Wildman–Crippen MR) is 91.6 cm³/mol. The van der Waals surface area contributed by atoms with Gasteiger partial charge in [-0.15, -0.1) is 11.8 Å². The van der Waals surface area contributed by atoms with Gasteiger partial charge in [0.05, 0.1) is 5.75 Å². The molecule has 22 heavy (non-hydrogen) atoms. The molecule has 114 valence electrons. The van der Waals surface area contributed by atoms with Crippen LogP contribution in [0.15, 0.2) is 53.4 Å². The summed E-state index contributed by atoms with van der Waals surface area (Å²) in [6.07, 6.45) is 0. The summed E-state index contributed by atoms with van der Waals surface area (Å²) in [4.78, 5) is 23.8. The molecule has 0 spiro atoms. The number of halogens is 1. The second kappa shape index (κ2) is 7.87. The third-order valence-electron chi connectivity index (χ3n) is 2.65. The maximum Gasteiger partial charge on any atom is 0.234 e. The highest BCUT2D eigenvalue weighted by molar-refractivity contribution is 8.00. The molecule has 0 fully saturated rings. The summed E-state index contributed by atoms with van der Waals surface area (Å²) >= 11 is 7.29. The van der Waals surface area contributed by atoms with Gasteiger partial charge in [0.25, 0.3) is 0 Å². The molecule has 2 N–H and O–H groups in total. The topological polar surface area (TPSA) is 58.2 Å². The Hall–Kier alpha value is -1.98. The molecule has 0 radical (unpaired) electrons. The van der Waals surface area contributed by atoms with E-state index in [0.29, 0.717) is 16.5 Å². The Morgan fingerprint density at radius 3 is 2.41 bits per heavy atom. The van der Waals surface area contributed by atoms with Crippen LogP contribution in [0.1, 0.15) is 6.92 Å². The molecule has 6 heteroatoms. The van der Waals surface area contributed by atoms with Crippen LogP contribution in [0.3, 0.4) is 0 Å². The van der Waals surface area contributed by atoms with Crippen LogP contribution >= 0.6 is 23.4 Å². The minimum Gasteiger partial charge on any atom is -0.326 e. The number of anilines is 2. The van der Waals surface area contributed by atoms with Gasteiger partial charge in [0.1, 0.15) is 0 Å². The van der Waals surface area contributed by atoms with Gasteiger partial charge in [-0.3, -0.25) is 9.59 Å². The van der Waals surface area contributed by atoms with Crippen molar-refractivity contribution in [2.75, 3.05) is 16.4 Å². The van der Waals surface area contributed by atoms with Gasteiger partial charge in [-0.25, -0.2) is 0 Å². The second-order valence-electron chi connectivity index (χ2n) is 4.55. The molecular weight excluding hydrogens is 320 g/mol. The summed E-state index contributed by atoms with van der Waals surface area (Å²) < 4.78 is 0. The summed E-state index contributed by atoms with van der Waals surface area (Å²) in [5.74, 6) is 0.0888. The van der Waals surface area contributed by atoms with Crippen LogP contribution < -0.4 is 10.6 Å². The van der Waals surface area contributed by atoms with Crippen LogP contribution in [0.2, 0.25) is 5.02 Å². The number of hydrogen-bond donors (Lipinski definition) is 2. The Morgan fingerprint density at radius 2 is 1.77 bits per heavy atom. The first-order valence-electron chi connectivity index (χ1n) is 6.59. The van der Waals surface area contributed by atoms with Crippen LogP contribution in [-0.2, 0) is 9.59 Å². The molecule has 2 rings (SSSR count). The first-order valence-corrected chi connectivity index (χ1v) is 7.95. The van der Waals surface area contributed by atoms with Crippen LogP contribution in [0.25, 0.3) is 0 Å². The molecule has 0 aliphatic carbocycles. The molecule has 0 atom stereocenters. The SMILES string of the molecule is CC(=O)Nc1ccc(SCC(=O)Nc2cccc(Cl)c2)cc1. The number of carbonyl (C=O) groups excluding carboxylic acids is 2. The summed E-state index contributed by atoms with van der Waals surface area (Å²) in [5, 5.41) is 6.07. The van der Waals surface area contributed by atoms with E-state index in [2.05, 4.69) is 10.6 Å². The predicted octanol–water partition coefficient (Wildman–Crippen LogP) is 4.03. The van der Waals surface area contributed by atoms with Gasteiger partial charge in [-0.05, 0) is 42.5 Å². The number of thioether (sulfide) groups is 1. The number of benzene rings is 2. The fourth-order valence-corrected chi connectivity index (χ4v) is 2.64. The smallest absolute Gasteiger partial charge is 0.234 e. The van der Waals surface area contributed by atoms with Crippen LogP contribution in [0, 0.1) is 0 Å². The Morgan fingerprint density at radius 1 is 1.05 bits per heavy atom. The van der Waals surface area contributed by atoms with E-state index < -0.39 is 0 Å². The lowest BCUT2D eigenvalue weighted by Crippen LogP contribution is -2.13. The molecule has 2 amide bonds. The molecule has 2 aromatic carbocycles. The van der Waals surface area contributed by atoms with Gasteiger partial charge < -0.3 is 10.6 Å². The van der Waals surface area contributed by atoms with E-state index in [9.17, 15) is 9.59 Å². The summed E-state index contributed by atoms with van der Waals surface area (Å²) in [5.41, 5.74) is 1.42. The Balaban J connectivity index is 1.84. The lowest BCUT2D eigenvalue weighted by atomic mass is 10.3. The summed E-state index contributed by atoms with van der Waals surface area (Å²) in [6.45, 7) is 1.46. The van der Waals surface area contributed by atoms with E-state index in [0.717, 1.165) is 10.6 Å². The van der Waals surface area contributed by atoms with Gasteiger partial charge in [0, 0.05) is 28.2 Å². The van der Waals surface area contributed by atoms with E-state index in [1.165, 1.54) is 18.7 Å². The number of rotatable bonds is 5. The van der Waals surface area contributed by atoms with Gasteiger partial charge in [0.2, 0.25) is 11.8 Å². The number of hydrogen-bond acceptors (Lipinski definition) is 3. The standard InChI is InChI=1S/C16H15ClN2O2S/c1-11(20)18-13-5-7-15(8-6-13)22-10-16(21)19-14-4-2-3-12(17)9-14/h2-9H,10H2,1H3,(H,18,20)(H,19,21). The Labute approximate surface area is 138 Å². The van der Waals surface area contributed by atoms with E-state index in [1.807, 2.05) is 12.1 Å². The highest BCUT2D eigenvalue weighted by Crippen LogP contribution is 2.21. The zero-order valence-corrected chi connectivity index (χ0v) is 13.5. The lowest BCUT2D eigenvalue weighted by molar-refractivity contribution is -0.114. The molecule has 0 heterocycles. The van der Waals surface area contributed by atoms with Crippen molar-refractivity contribution in [1.29, 1.82) is 0 Å². The van der Waals surface area contributed by atoms with Crippen molar-refractivity contribution in [2.45, 2.75) is 11.8 Å². The second-order valence-corrected chi connectivity index (χ2v) is 6.04. The Kier molecular flexibility index (Phi) is 5.86. The minimum absolute atomic E-state index is 0.0989. The molecule has 0 aliphatic heterocycles. The maximum absolute atomic E-state index is 11.9. The number of nitrogens with one attached hydrogen (secondary N) is 2. The maximum atomic E-state index is 11.9. The van der Waals surface area contributed by atoms with Crippen molar-refractivity contribution in [3.8, 4) is 0 Å². The molecule has 0 saturated carbocycles.